The van der Waals surface area contributed by atoms with E-state index in [1.54, 1.807) is 6.07 Å². The van der Waals surface area contributed by atoms with E-state index in [1.807, 2.05) is 6.92 Å². The molecular weight excluding hydrogens is 286 g/mol. The molecule has 1 aliphatic heterocycles. The maximum Gasteiger partial charge on any atom is 0.160 e. The maximum absolute atomic E-state index is 13.5. The first-order valence-electron chi connectivity index (χ1n) is 6.08. The fourth-order valence-corrected chi connectivity index (χ4v) is 2.33. The summed E-state index contributed by atoms with van der Waals surface area (Å²) in [6.45, 7) is 1.90. The molecule has 0 amide bonds. The van der Waals surface area contributed by atoms with Crippen molar-refractivity contribution >= 4 is 17.3 Å². The van der Waals surface area contributed by atoms with E-state index in [0.29, 0.717) is 17.1 Å². The third-order valence-electron chi connectivity index (χ3n) is 3.16. The summed E-state index contributed by atoms with van der Waals surface area (Å²) in [5.74, 6) is -0.600. The smallest absolute Gasteiger partial charge is 0.160 e. The van der Waals surface area contributed by atoms with Crippen LogP contribution in [-0.2, 0) is 0 Å². The number of halogens is 3. The number of aromatic nitrogens is 1. The molecule has 3 rings (SSSR count). The zero-order valence-electron chi connectivity index (χ0n) is 10.5. The van der Waals surface area contributed by atoms with Gasteiger partial charge in [0.05, 0.1) is 28.6 Å². The van der Waals surface area contributed by atoms with Gasteiger partial charge in [0.1, 0.15) is 17.4 Å². The van der Waals surface area contributed by atoms with Crippen molar-refractivity contribution in [2.45, 2.75) is 19.1 Å². The van der Waals surface area contributed by atoms with Crippen molar-refractivity contribution in [3.8, 4) is 5.75 Å². The molecule has 0 spiro atoms. The van der Waals surface area contributed by atoms with Crippen LogP contribution in [0.15, 0.2) is 30.5 Å². The van der Waals surface area contributed by atoms with Crippen molar-refractivity contribution < 1.29 is 13.5 Å². The zero-order chi connectivity index (χ0) is 14.3. The van der Waals surface area contributed by atoms with Crippen molar-refractivity contribution in [3.05, 3.63) is 52.8 Å². The highest BCUT2D eigenvalue weighted by Gasteiger charge is 2.29. The summed E-state index contributed by atoms with van der Waals surface area (Å²) in [7, 11) is 0. The first-order chi connectivity index (χ1) is 9.54. The second kappa shape index (κ2) is 4.90. The molecular formula is C14H11ClF2N2O. The number of hydrogen-bond donors (Lipinski definition) is 1. The first-order valence-corrected chi connectivity index (χ1v) is 6.46. The second-order valence-corrected chi connectivity index (χ2v) is 5.04. The fraction of sp³-hybridized carbons (Fsp3) is 0.214. The standard InChI is InChI=1S/C14H11ClF2N2O/c1-7-14(11-3-2-8(16)6-18-11)20-13-5-10(17)9(15)4-12(13)19-7/h2-7,14,19H,1H3. The lowest BCUT2D eigenvalue weighted by Gasteiger charge is -2.32. The molecule has 20 heavy (non-hydrogen) atoms. The molecule has 104 valence electrons. The number of nitrogens with one attached hydrogen (secondary N) is 1. The Labute approximate surface area is 119 Å². The number of fused-ring (bicyclic) bond motifs is 1. The van der Waals surface area contributed by atoms with Crippen molar-refractivity contribution in [1.29, 1.82) is 0 Å². The van der Waals surface area contributed by atoms with E-state index in [2.05, 4.69) is 10.3 Å². The Balaban J connectivity index is 1.96. The van der Waals surface area contributed by atoms with Crippen LogP contribution in [-0.4, -0.2) is 11.0 Å². The molecule has 0 saturated heterocycles. The topological polar surface area (TPSA) is 34.1 Å². The number of hydrogen-bond acceptors (Lipinski definition) is 3. The molecule has 0 radical (unpaired) electrons. The van der Waals surface area contributed by atoms with Gasteiger partial charge < -0.3 is 10.1 Å². The Bertz CT molecular complexity index is 648. The van der Waals surface area contributed by atoms with Gasteiger partial charge in [-0.25, -0.2) is 8.78 Å². The number of nitrogens with zero attached hydrogens (tertiary/aromatic N) is 1. The molecule has 0 aliphatic carbocycles. The molecule has 2 heterocycles. The third kappa shape index (κ3) is 2.29. The second-order valence-electron chi connectivity index (χ2n) is 4.64. The summed E-state index contributed by atoms with van der Waals surface area (Å²) in [5.41, 5.74) is 1.20. The van der Waals surface area contributed by atoms with Crippen LogP contribution in [0, 0.1) is 11.6 Å². The van der Waals surface area contributed by atoms with E-state index in [1.165, 1.54) is 18.2 Å². The highest BCUT2D eigenvalue weighted by Crippen LogP contribution is 2.39. The lowest BCUT2D eigenvalue weighted by molar-refractivity contribution is 0.172. The molecule has 2 aromatic rings. The monoisotopic (exact) mass is 296 g/mol. The molecule has 0 bridgehead atoms. The molecule has 1 aliphatic rings. The van der Waals surface area contributed by atoms with Gasteiger partial charge in [-0.15, -0.1) is 0 Å². The minimum Gasteiger partial charge on any atom is -0.480 e. The van der Waals surface area contributed by atoms with Gasteiger partial charge in [0.2, 0.25) is 0 Å². The van der Waals surface area contributed by atoms with Gasteiger partial charge >= 0.3 is 0 Å². The predicted octanol–water partition coefficient (Wildman–Crippen LogP) is 3.95. The molecule has 6 heteroatoms. The average Bonchev–Trinajstić information content (AvgIpc) is 2.41. The van der Waals surface area contributed by atoms with Gasteiger partial charge in [-0.1, -0.05) is 11.6 Å². The Kier molecular flexibility index (Phi) is 3.22. The van der Waals surface area contributed by atoms with Crippen LogP contribution in [0.1, 0.15) is 18.7 Å². The van der Waals surface area contributed by atoms with E-state index >= 15 is 0 Å². The van der Waals surface area contributed by atoms with Crippen molar-refractivity contribution in [2.24, 2.45) is 0 Å². The van der Waals surface area contributed by atoms with Crippen LogP contribution in [0.2, 0.25) is 5.02 Å². The van der Waals surface area contributed by atoms with Crippen molar-refractivity contribution in [2.75, 3.05) is 5.32 Å². The molecule has 2 unspecified atom stereocenters. The van der Waals surface area contributed by atoms with Gasteiger partial charge in [-0.2, -0.15) is 0 Å². The zero-order valence-corrected chi connectivity index (χ0v) is 11.3. The molecule has 2 atom stereocenters. The van der Waals surface area contributed by atoms with Gasteiger partial charge in [-0.3, -0.25) is 4.98 Å². The van der Waals surface area contributed by atoms with E-state index < -0.39 is 17.7 Å². The highest BCUT2D eigenvalue weighted by molar-refractivity contribution is 6.31. The lowest BCUT2D eigenvalue weighted by Crippen LogP contribution is -2.33. The molecule has 0 fully saturated rings. The van der Waals surface area contributed by atoms with Gasteiger partial charge in [0.25, 0.3) is 0 Å². The quantitative estimate of drug-likeness (QED) is 0.865. The normalized spacial score (nSPS) is 20.8. The number of ether oxygens (including phenoxy) is 1. The number of anilines is 1. The Morgan fingerprint density at radius 3 is 2.80 bits per heavy atom. The van der Waals surface area contributed by atoms with Gasteiger partial charge in [0.15, 0.2) is 6.10 Å². The lowest BCUT2D eigenvalue weighted by atomic mass is 10.1. The molecule has 1 aromatic carbocycles. The van der Waals surface area contributed by atoms with Crippen molar-refractivity contribution in [1.82, 2.24) is 4.98 Å². The Hall–Kier alpha value is -1.88. The summed E-state index contributed by atoms with van der Waals surface area (Å²) in [4.78, 5) is 4.01. The largest absolute Gasteiger partial charge is 0.480 e. The highest BCUT2D eigenvalue weighted by atomic mass is 35.5. The summed E-state index contributed by atoms with van der Waals surface area (Å²) >= 11 is 5.74. The van der Waals surface area contributed by atoms with E-state index in [9.17, 15) is 8.78 Å². The summed E-state index contributed by atoms with van der Waals surface area (Å²) in [6, 6.07) is 5.47. The Morgan fingerprint density at radius 2 is 2.10 bits per heavy atom. The van der Waals surface area contributed by atoms with Gasteiger partial charge in [-0.05, 0) is 25.1 Å². The van der Waals surface area contributed by atoms with Gasteiger partial charge in [0, 0.05) is 6.07 Å². The van der Waals surface area contributed by atoms with Crippen LogP contribution in [0.4, 0.5) is 14.5 Å². The van der Waals surface area contributed by atoms with Crippen LogP contribution in [0.5, 0.6) is 5.75 Å². The van der Waals surface area contributed by atoms with E-state index in [4.69, 9.17) is 16.3 Å². The summed E-state index contributed by atoms with van der Waals surface area (Å²) in [6.07, 6.45) is 0.701. The Morgan fingerprint density at radius 1 is 1.30 bits per heavy atom. The molecule has 1 aromatic heterocycles. The minimum absolute atomic E-state index is 0.0328. The van der Waals surface area contributed by atoms with Crippen LogP contribution >= 0.6 is 11.6 Å². The van der Waals surface area contributed by atoms with Crippen LogP contribution in [0.3, 0.4) is 0 Å². The molecule has 0 saturated carbocycles. The van der Waals surface area contributed by atoms with Crippen LogP contribution < -0.4 is 10.1 Å². The number of rotatable bonds is 1. The van der Waals surface area contributed by atoms with E-state index in [0.717, 1.165) is 6.20 Å². The first kappa shape index (κ1) is 13.1. The van der Waals surface area contributed by atoms with E-state index in [-0.39, 0.29) is 11.1 Å². The summed E-state index contributed by atoms with van der Waals surface area (Å²) < 4.78 is 32.1. The third-order valence-corrected chi connectivity index (χ3v) is 3.45. The number of benzene rings is 1. The minimum atomic E-state index is -0.549. The SMILES string of the molecule is CC1Nc2cc(Cl)c(F)cc2OC1c1ccc(F)cn1. The fourth-order valence-electron chi connectivity index (χ4n) is 2.17. The van der Waals surface area contributed by atoms with Crippen LogP contribution in [0.25, 0.3) is 0 Å². The maximum atomic E-state index is 13.5. The predicted molar refractivity (Wildman–Crippen MR) is 72.1 cm³/mol. The average molecular weight is 297 g/mol. The van der Waals surface area contributed by atoms with Crippen molar-refractivity contribution in [3.63, 3.8) is 0 Å². The summed E-state index contributed by atoms with van der Waals surface area (Å²) in [5, 5.41) is 3.21. The molecule has 1 N–H and O–H groups in total. The number of pyridine rings is 1. The molecule has 3 nitrogen and oxygen atoms in total.